The molecule has 0 spiro atoms. The molecular weight excluding hydrogens is 194 g/mol. The van der Waals surface area contributed by atoms with Crippen LogP contribution < -0.4 is 5.73 Å². The Morgan fingerprint density at radius 2 is 2.40 bits per heavy atom. The van der Waals surface area contributed by atoms with E-state index in [-0.39, 0.29) is 18.6 Å². The molecule has 1 amide bonds. The molecule has 82 valence electrons. The number of nitrogen functional groups attached to an aromatic ring is 1. The van der Waals surface area contributed by atoms with E-state index in [2.05, 4.69) is 4.98 Å². The topological polar surface area (TPSA) is 79.5 Å². The summed E-state index contributed by atoms with van der Waals surface area (Å²) >= 11 is 0. The third kappa shape index (κ3) is 2.66. The van der Waals surface area contributed by atoms with Crippen LogP contribution in [0.15, 0.2) is 18.3 Å². The van der Waals surface area contributed by atoms with Gasteiger partial charge >= 0.3 is 0 Å². The number of anilines is 1. The summed E-state index contributed by atoms with van der Waals surface area (Å²) in [5.74, 6) is 0.136. The number of amides is 1. The van der Waals surface area contributed by atoms with Crippen LogP contribution in [0.4, 0.5) is 5.82 Å². The van der Waals surface area contributed by atoms with Gasteiger partial charge in [-0.2, -0.15) is 0 Å². The minimum atomic E-state index is -0.216. The van der Waals surface area contributed by atoms with E-state index in [0.29, 0.717) is 11.4 Å². The summed E-state index contributed by atoms with van der Waals surface area (Å²) in [7, 11) is 1.64. The Hall–Kier alpha value is -1.62. The summed E-state index contributed by atoms with van der Waals surface area (Å²) in [6.45, 7) is 1.70. The number of pyridine rings is 1. The fourth-order valence-electron chi connectivity index (χ4n) is 1.11. The standard InChI is InChI=1S/C10H15N3O2/c1-7(6-14)13(2)10(15)8-3-4-12-9(11)5-8/h3-5,7,14H,6H2,1-2H3,(H2,11,12). The van der Waals surface area contributed by atoms with Crippen LogP contribution in [0.5, 0.6) is 0 Å². The summed E-state index contributed by atoms with van der Waals surface area (Å²) in [5.41, 5.74) is 5.95. The molecule has 1 unspecified atom stereocenters. The molecule has 1 atom stereocenters. The fraction of sp³-hybridized carbons (Fsp3) is 0.400. The van der Waals surface area contributed by atoms with Gasteiger partial charge in [-0.15, -0.1) is 0 Å². The fourth-order valence-corrected chi connectivity index (χ4v) is 1.11. The number of aromatic nitrogens is 1. The quantitative estimate of drug-likeness (QED) is 0.740. The molecule has 0 aromatic carbocycles. The van der Waals surface area contributed by atoms with Gasteiger partial charge in [-0.1, -0.05) is 0 Å². The normalized spacial score (nSPS) is 12.2. The van der Waals surface area contributed by atoms with Gasteiger partial charge in [0.25, 0.3) is 5.91 Å². The van der Waals surface area contributed by atoms with Gasteiger partial charge in [-0.05, 0) is 19.1 Å². The molecule has 3 N–H and O–H groups in total. The van der Waals surface area contributed by atoms with Gasteiger partial charge in [0.2, 0.25) is 0 Å². The van der Waals surface area contributed by atoms with Crippen LogP contribution in [-0.2, 0) is 0 Å². The number of aliphatic hydroxyl groups excluding tert-OH is 1. The van der Waals surface area contributed by atoms with Crippen molar-refractivity contribution in [3.8, 4) is 0 Å². The number of hydrogen-bond donors (Lipinski definition) is 2. The van der Waals surface area contributed by atoms with E-state index in [1.165, 1.54) is 17.2 Å². The van der Waals surface area contributed by atoms with Gasteiger partial charge in [0.05, 0.1) is 12.6 Å². The highest BCUT2D eigenvalue weighted by Gasteiger charge is 2.16. The molecule has 15 heavy (non-hydrogen) atoms. The van der Waals surface area contributed by atoms with Gasteiger partial charge < -0.3 is 15.7 Å². The molecule has 1 heterocycles. The third-order valence-electron chi connectivity index (χ3n) is 2.27. The Balaban J connectivity index is 2.85. The van der Waals surface area contributed by atoms with Crippen LogP contribution >= 0.6 is 0 Å². The Morgan fingerprint density at radius 1 is 1.73 bits per heavy atom. The van der Waals surface area contributed by atoms with Crippen LogP contribution in [0.1, 0.15) is 17.3 Å². The van der Waals surface area contributed by atoms with Crippen molar-refractivity contribution in [3.63, 3.8) is 0 Å². The zero-order valence-electron chi connectivity index (χ0n) is 8.84. The molecule has 1 aromatic rings. The highest BCUT2D eigenvalue weighted by Crippen LogP contribution is 2.08. The molecule has 5 nitrogen and oxygen atoms in total. The molecule has 0 aliphatic heterocycles. The van der Waals surface area contributed by atoms with E-state index in [9.17, 15) is 4.79 Å². The van der Waals surface area contributed by atoms with E-state index in [0.717, 1.165) is 0 Å². The second kappa shape index (κ2) is 4.75. The van der Waals surface area contributed by atoms with Gasteiger partial charge in [0.1, 0.15) is 5.82 Å². The van der Waals surface area contributed by atoms with Crippen molar-refractivity contribution in [2.45, 2.75) is 13.0 Å². The number of nitrogens with zero attached hydrogens (tertiary/aromatic N) is 2. The second-order valence-corrected chi connectivity index (χ2v) is 3.42. The van der Waals surface area contributed by atoms with Crippen molar-refractivity contribution in [1.29, 1.82) is 0 Å². The zero-order chi connectivity index (χ0) is 11.4. The van der Waals surface area contributed by atoms with Gasteiger partial charge in [-0.3, -0.25) is 4.79 Å². The first-order valence-corrected chi connectivity index (χ1v) is 4.65. The number of hydrogen-bond acceptors (Lipinski definition) is 4. The van der Waals surface area contributed by atoms with Crippen LogP contribution in [0.2, 0.25) is 0 Å². The van der Waals surface area contributed by atoms with Gasteiger partial charge in [-0.25, -0.2) is 4.98 Å². The van der Waals surface area contributed by atoms with E-state index in [4.69, 9.17) is 10.8 Å². The Bertz CT molecular complexity index is 354. The Morgan fingerprint density at radius 3 is 2.93 bits per heavy atom. The lowest BCUT2D eigenvalue weighted by Gasteiger charge is -2.23. The smallest absolute Gasteiger partial charge is 0.254 e. The number of carbonyl (C=O) groups excluding carboxylic acids is 1. The lowest BCUT2D eigenvalue weighted by Crippen LogP contribution is -2.37. The summed E-state index contributed by atoms with van der Waals surface area (Å²) in [4.78, 5) is 17.1. The van der Waals surface area contributed by atoms with Gasteiger partial charge in [0, 0.05) is 18.8 Å². The number of carbonyl (C=O) groups is 1. The maximum Gasteiger partial charge on any atom is 0.254 e. The van der Waals surface area contributed by atoms with Crippen LogP contribution in [0, 0.1) is 0 Å². The van der Waals surface area contributed by atoms with Crippen molar-refractivity contribution >= 4 is 11.7 Å². The summed E-state index contributed by atoms with van der Waals surface area (Å²) in [6.07, 6.45) is 1.49. The number of aliphatic hydroxyl groups is 1. The minimum Gasteiger partial charge on any atom is -0.394 e. The van der Waals surface area contributed by atoms with E-state index >= 15 is 0 Å². The molecule has 0 saturated heterocycles. The average molecular weight is 209 g/mol. The van der Waals surface area contributed by atoms with E-state index < -0.39 is 0 Å². The van der Waals surface area contributed by atoms with Crippen molar-refractivity contribution < 1.29 is 9.90 Å². The molecule has 0 aliphatic rings. The highest BCUT2D eigenvalue weighted by atomic mass is 16.3. The monoisotopic (exact) mass is 209 g/mol. The molecule has 5 heteroatoms. The molecule has 0 aliphatic carbocycles. The number of likely N-dealkylation sites (N-methyl/N-ethyl adjacent to an activating group) is 1. The molecule has 1 rings (SSSR count). The largest absolute Gasteiger partial charge is 0.394 e. The van der Waals surface area contributed by atoms with Crippen LogP contribution in [-0.4, -0.2) is 40.6 Å². The summed E-state index contributed by atoms with van der Waals surface area (Å²) in [6, 6.07) is 2.90. The minimum absolute atomic E-state index is 0.0667. The average Bonchev–Trinajstić information content (AvgIpc) is 2.26. The molecule has 0 saturated carbocycles. The number of rotatable bonds is 3. The first kappa shape index (κ1) is 11.5. The molecular formula is C10H15N3O2. The highest BCUT2D eigenvalue weighted by molar-refractivity contribution is 5.94. The van der Waals surface area contributed by atoms with Crippen molar-refractivity contribution in [2.24, 2.45) is 0 Å². The molecule has 0 bridgehead atoms. The lowest BCUT2D eigenvalue weighted by atomic mass is 10.2. The van der Waals surface area contributed by atoms with Crippen molar-refractivity contribution in [1.82, 2.24) is 9.88 Å². The van der Waals surface area contributed by atoms with Gasteiger partial charge in [0.15, 0.2) is 0 Å². The SMILES string of the molecule is CC(CO)N(C)C(=O)c1ccnc(N)c1. The molecule has 0 radical (unpaired) electrons. The third-order valence-corrected chi connectivity index (χ3v) is 2.27. The van der Waals surface area contributed by atoms with Crippen molar-refractivity contribution in [2.75, 3.05) is 19.4 Å². The zero-order valence-corrected chi connectivity index (χ0v) is 8.84. The Labute approximate surface area is 88.5 Å². The van der Waals surface area contributed by atoms with E-state index in [1.54, 1.807) is 20.0 Å². The number of nitrogens with two attached hydrogens (primary N) is 1. The van der Waals surface area contributed by atoms with Crippen molar-refractivity contribution in [3.05, 3.63) is 23.9 Å². The van der Waals surface area contributed by atoms with E-state index in [1.807, 2.05) is 0 Å². The maximum atomic E-state index is 11.8. The predicted molar refractivity (Wildman–Crippen MR) is 57.3 cm³/mol. The summed E-state index contributed by atoms with van der Waals surface area (Å²) in [5, 5.41) is 8.92. The molecule has 0 fully saturated rings. The predicted octanol–water partition coefficient (Wildman–Crippen LogP) is 0.117. The first-order chi connectivity index (χ1) is 7.06. The van der Waals surface area contributed by atoms with Crippen LogP contribution in [0.25, 0.3) is 0 Å². The molecule has 1 aromatic heterocycles. The second-order valence-electron chi connectivity index (χ2n) is 3.42. The lowest BCUT2D eigenvalue weighted by molar-refractivity contribution is 0.0682. The van der Waals surface area contributed by atoms with Crippen LogP contribution in [0.3, 0.4) is 0 Å². The summed E-state index contributed by atoms with van der Waals surface area (Å²) < 4.78 is 0. The first-order valence-electron chi connectivity index (χ1n) is 4.65. The maximum absolute atomic E-state index is 11.8. The Kier molecular flexibility index (Phi) is 3.62.